The molecule has 0 N–H and O–H groups in total. The first-order chi connectivity index (χ1) is 17.2. The van der Waals surface area contributed by atoms with E-state index in [9.17, 15) is 0 Å². The van der Waals surface area contributed by atoms with Crippen molar-refractivity contribution >= 4 is 57.8 Å². The molecule has 0 unspecified atom stereocenters. The number of rotatable bonds is 6. The summed E-state index contributed by atoms with van der Waals surface area (Å²) in [5.74, 6) is 0. The zero-order valence-corrected chi connectivity index (χ0v) is 23.0. The molecule has 3 aromatic carbocycles. The van der Waals surface area contributed by atoms with Gasteiger partial charge in [0.2, 0.25) is 0 Å². The molecular formula is C31H28NS2Si. The Bertz CT molecular complexity index is 1620. The fraction of sp³-hybridized carbons (Fsp3) is 0.161. The predicted octanol–water partition coefficient (Wildman–Crippen LogP) is 9.29. The van der Waals surface area contributed by atoms with Gasteiger partial charge in [-0.2, -0.15) is 0 Å². The van der Waals surface area contributed by atoms with Gasteiger partial charge in [-0.05, 0) is 76.5 Å². The minimum Gasteiger partial charge on any atom is -0.309 e. The summed E-state index contributed by atoms with van der Waals surface area (Å²) in [4.78, 5) is 2.70. The highest BCUT2D eigenvalue weighted by atomic mass is 32.1. The number of aryl methyl sites for hydroxylation is 1. The smallest absolute Gasteiger partial charge is 0.0987 e. The summed E-state index contributed by atoms with van der Waals surface area (Å²) in [6.45, 7) is 6.83. The summed E-state index contributed by atoms with van der Waals surface area (Å²) in [7, 11) is -0.413. The molecule has 6 aromatic rings. The van der Waals surface area contributed by atoms with Crippen LogP contribution in [-0.2, 0) is 0 Å². The van der Waals surface area contributed by atoms with E-state index in [0.717, 1.165) is 0 Å². The van der Waals surface area contributed by atoms with Crippen molar-refractivity contribution in [2.45, 2.75) is 32.9 Å². The average Bonchev–Trinajstić information content (AvgIpc) is 3.64. The van der Waals surface area contributed by atoms with Crippen LogP contribution in [0.25, 0.3) is 48.4 Å². The number of aromatic nitrogens is 1. The molecular weight excluding hydrogens is 479 g/mol. The number of nitrogens with zero attached hydrogens (tertiary/aromatic N) is 1. The van der Waals surface area contributed by atoms with E-state index < -0.39 is 8.80 Å². The molecule has 0 fully saturated rings. The molecule has 0 atom stereocenters. The lowest BCUT2D eigenvalue weighted by Gasteiger charge is -2.09. The quantitative estimate of drug-likeness (QED) is 0.198. The molecule has 35 heavy (non-hydrogen) atoms. The molecule has 1 radical (unpaired) electrons. The number of fused-ring (bicyclic) bond motifs is 3. The first kappa shape index (κ1) is 22.5. The maximum atomic E-state index is 2.42. The van der Waals surface area contributed by atoms with Crippen LogP contribution in [0.4, 0.5) is 0 Å². The van der Waals surface area contributed by atoms with Gasteiger partial charge in [0.15, 0.2) is 0 Å². The van der Waals surface area contributed by atoms with Crippen LogP contribution >= 0.6 is 22.7 Å². The highest BCUT2D eigenvalue weighted by Crippen LogP contribution is 2.38. The Morgan fingerprint density at radius 3 is 1.97 bits per heavy atom. The van der Waals surface area contributed by atoms with Crippen LogP contribution in [0.15, 0.2) is 90.3 Å². The lowest BCUT2D eigenvalue weighted by molar-refractivity contribution is 1.17. The maximum Gasteiger partial charge on any atom is 0.0987 e. The van der Waals surface area contributed by atoms with E-state index in [0.29, 0.717) is 0 Å². The molecule has 0 amide bonds. The van der Waals surface area contributed by atoms with Crippen molar-refractivity contribution in [3.63, 3.8) is 0 Å². The van der Waals surface area contributed by atoms with Crippen LogP contribution < -0.4 is 4.50 Å². The topological polar surface area (TPSA) is 4.93 Å². The summed E-state index contributed by atoms with van der Waals surface area (Å²) in [5, 5.41) is 4.80. The van der Waals surface area contributed by atoms with E-state index in [1.807, 2.05) is 11.3 Å². The van der Waals surface area contributed by atoms with E-state index in [1.54, 1.807) is 15.8 Å². The van der Waals surface area contributed by atoms with Crippen LogP contribution in [-0.4, -0.2) is 13.4 Å². The number of hydrogen-bond acceptors (Lipinski definition) is 2. The molecule has 0 aliphatic rings. The average molecular weight is 507 g/mol. The van der Waals surface area contributed by atoms with Gasteiger partial charge in [-0.3, -0.25) is 0 Å². The van der Waals surface area contributed by atoms with Crippen molar-refractivity contribution in [3.05, 3.63) is 95.9 Å². The Hall–Kier alpha value is -2.92. The molecule has 0 aliphatic carbocycles. The Balaban J connectivity index is 1.57. The minimum absolute atomic E-state index is 0.413. The summed E-state index contributed by atoms with van der Waals surface area (Å²) >= 11 is 3.81. The first-order valence-corrected chi connectivity index (χ1v) is 15.9. The molecule has 4 heteroatoms. The van der Waals surface area contributed by atoms with E-state index >= 15 is 0 Å². The third-order valence-electron chi connectivity index (χ3n) is 6.96. The van der Waals surface area contributed by atoms with Gasteiger partial charge in [-0.1, -0.05) is 67.9 Å². The summed E-state index contributed by atoms with van der Waals surface area (Å²) < 4.78 is 4.03. The molecule has 173 valence electrons. The van der Waals surface area contributed by atoms with Gasteiger partial charge >= 0.3 is 0 Å². The fourth-order valence-electron chi connectivity index (χ4n) is 5.03. The van der Waals surface area contributed by atoms with Gasteiger partial charge in [0, 0.05) is 26.2 Å². The van der Waals surface area contributed by atoms with Gasteiger partial charge in [0.25, 0.3) is 0 Å². The molecule has 0 saturated heterocycles. The second-order valence-corrected chi connectivity index (χ2v) is 14.6. The lowest BCUT2D eigenvalue weighted by Crippen LogP contribution is -2.24. The normalized spacial score (nSPS) is 11.8. The van der Waals surface area contributed by atoms with E-state index in [-0.39, 0.29) is 0 Å². The van der Waals surface area contributed by atoms with Gasteiger partial charge < -0.3 is 4.57 Å². The number of thiophene rings is 2. The van der Waals surface area contributed by atoms with E-state index in [4.69, 9.17) is 0 Å². The standard InChI is InChI=1S/C31H28NS2Si/c1-4-35(5-2)31-17-16-30(34-31)23-11-15-28-26(20-23)25-19-22(29-7-6-18-33-29)10-14-27(25)32(28)24-12-8-21(3)9-13-24/h6-20H,4-5H2,1-3H3. The third-order valence-corrected chi connectivity index (χ3v) is 12.6. The molecule has 0 saturated carbocycles. The SMILES string of the molecule is CC[Si](CC)c1ccc(-c2ccc3c(c2)c2cc(-c4cccs4)ccc2n3-c2ccc(C)cc2)s1. The predicted molar refractivity (Wildman–Crippen MR) is 158 cm³/mol. The molecule has 0 bridgehead atoms. The van der Waals surface area contributed by atoms with Crippen molar-refractivity contribution in [2.24, 2.45) is 0 Å². The van der Waals surface area contributed by atoms with Crippen molar-refractivity contribution < 1.29 is 0 Å². The molecule has 0 spiro atoms. The highest BCUT2D eigenvalue weighted by molar-refractivity contribution is 7.26. The molecule has 1 nitrogen and oxygen atoms in total. The second-order valence-electron chi connectivity index (χ2n) is 9.09. The first-order valence-electron chi connectivity index (χ1n) is 12.3. The summed E-state index contributed by atoms with van der Waals surface area (Å²) in [5.41, 5.74) is 7.63. The Kier molecular flexibility index (Phi) is 5.97. The van der Waals surface area contributed by atoms with Gasteiger partial charge in [0.1, 0.15) is 0 Å². The maximum absolute atomic E-state index is 2.42. The van der Waals surface area contributed by atoms with Crippen LogP contribution in [0.2, 0.25) is 12.1 Å². The fourth-order valence-corrected chi connectivity index (χ4v) is 9.79. The van der Waals surface area contributed by atoms with Gasteiger partial charge in [-0.15, -0.1) is 22.7 Å². The largest absolute Gasteiger partial charge is 0.309 e. The number of benzene rings is 3. The monoisotopic (exact) mass is 506 g/mol. The molecule has 3 aromatic heterocycles. The van der Waals surface area contributed by atoms with Crippen molar-refractivity contribution in [1.29, 1.82) is 0 Å². The summed E-state index contributed by atoms with van der Waals surface area (Å²) in [6.07, 6.45) is 0. The highest BCUT2D eigenvalue weighted by Gasteiger charge is 2.17. The van der Waals surface area contributed by atoms with Crippen LogP contribution in [0.1, 0.15) is 19.4 Å². The van der Waals surface area contributed by atoms with Crippen LogP contribution in [0, 0.1) is 6.92 Å². The molecule has 0 aliphatic heterocycles. The van der Waals surface area contributed by atoms with Gasteiger partial charge in [0.05, 0.1) is 19.8 Å². The number of hydrogen-bond donors (Lipinski definition) is 0. The Morgan fingerprint density at radius 2 is 1.37 bits per heavy atom. The lowest BCUT2D eigenvalue weighted by atomic mass is 10.1. The third kappa shape index (κ3) is 4.00. The van der Waals surface area contributed by atoms with Crippen molar-refractivity contribution in [3.8, 4) is 26.6 Å². The van der Waals surface area contributed by atoms with E-state index in [1.165, 1.54) is 66.0 Å². The van der Waals surface area contributed by atoms with Crippen LogP contribution in [0.5, 0.6) is 0 Å². The molecule has 6 rings (SSSR count). The van der Waals surface area contributed by atoms with Gasteiger partial charge in [-0.25, -0.2) is 0 Å². The Morgan fingerprint density at radius 1 is 0.714 bits per heavy atom. The second kappa shape index (κ2) is 9.27. The van der Waals surface area contributed by atoms with Crippen LogP contribution in [0.3, 0.4) is 0 Å². The van der Waals surface area contributed by atoms with E-state index in [2.05, 4.69) is 116 Å². The Labute approximate surface area is 216 Å². The van der Waals surface area contributed by atoms with Crippen molar-refractivity contribution in [1.82, 2.24) is 4.57 Å². The summed E-state index contributed by atoms with van der Waals surface area (Å²) in [6, 6.07) is 34.5. The molecule has 3 heterocycles. The minimum atomic E-state index is -0.413. The zero-order valence-electron chi connectivity index (χ0n) is 20.3. The van der Waals surface area contributed by atoms with Crippen molar-refractivity contribution in [2.75, 3.05) is 0 Å². The zero-order chi connectivity index (χ0) is 23.9.